The van der Waals surface area contributed by atoms with Gasteiger partial charge in [0, 0.05) is 11.4 Å². The molecule has 0 aliphatic rings. The lowest BCUT2D eigenvalue weighted by Gasteiger charge is -2.11. The summed E-state index contributed by atoms with van der Waals surface area (Å²) in [6.45, 7) is 2.96. The SMILES string of the molecule is CSc1ccc(CN[C@@H](C)c2ccco2)cc1. The van der Waals surface area contributed by atoms with Crippen LogP contribution in [0.3, 0.4) is 0 Å². The van der Waals surface area contributed by atoms with Crippen molar-refractivity contribution in [2.75, 3.05) is 6.26 Å². The van der Waals surface area contributed by atoms with E-state index in [1.165, 1.54) is 10.5 Å². The number of hydrogen-bond acceptors (Lipinski definition) is 3. The summed E-state index contributed by atoms with van der Waals surface area (Å²) >= 11 is 1.76. The van der Waals surface area contributed by atoms with Crippen molar-refractivity contribution in [3.63, 3.8) is 0 Å². The second-order valence-electron chi connectivity index (χ2n) is 3.97. The molecule has 90 valence electrons. The van der Waals surface area contributed by atoms with Crippen LogP contribution in [0, 0.1) is 0 Å². The molecule has 0 saturated heterocycles. The molecule has 0 amide bonds. The summed E-state index contributed by atoms with van der Waals surface area (Å²) in [5.74, 6) is 0.978. The van der Waals surface area contributed by atoms with E-state index in [4.69, 9.17) is 4.42 Å². The van der Waals surface area contributed by atoms with Gasteiger partial charge in [-0.3, -0.25) is 0 Å². The number of nitrogens with one attached hydrogen (secondary N) is 1. The molecule has 1 heterocycles. The van der Waals surface area contributed by atoms with E-state index >= 15 is 0 Å². The predicted molar refractivity (Wildman–Crippen MR) is 72.2 cm³/mol. The van der Waals surface area contributed by atoms with Crippen LogP contribution in [0.5, 0.6) is 0 Å². The Morgan fingerprint density at radius 2 is 2.00 bits per heavy atom. The largest absolute Gasteiger partial charge is 0.468 e. The summed E-state index contributed by atoms with van der Waals surface area (Å²) in [5.41, 5.74) is 1.29. The van der Waals surface area contributed by atoms with Gasteiger partial charge < -0.3 is 9.73 Å². The normalized spacial score (nSPS) is 12.6. The number of hydrogen-bond donors (Lipinski definition) is 1. The highest BCUT2D eigenvalue weighted by Crippen LogP contribution is 2.16. The smallest absolute Gasteiger partial charge is 0.120 e. The molecule has 0 saturated carbocycles. The highest BCUT2D eigenvalue weighted by molar-refractivity contribution is 7.98. The van der Waals surface area contributed by atoms with Crippen molar-refractivity contribution >= 4 is 11.8 Å². The molecule has 2 aromatic rings. The zero-order valence-electron chi connectivity index (χ0n) is 10.1. The van der Waals surface area contributed by atoms with E-state index in [0.29, 0.717) is 0 Å². The van der Waals surface area contributed by atoms with Crippen molar-refractivity contribution in [1.29, 1.82) is 0 Å². The van der Waals surface area contributed by atoms with Gasteiger partial charge in [-0.05, 0) is 43.0 Å². The third kappa shape index (κ3) is 3.38. The topological polar surface area (TPSA) is 25.2 Å². The first-order valence-corrected chi connectivity index (χ1v) is 6.92. The molecule has 0 radical (unpaired) electrons. The standard InChI is InChI=1S/C14H17NOS/c1-11(14-4-3-9-16-14)15-10-12-5-7-13(17-2)8-6-12/h3-9,11,15H,10H2,1-2H3/t11-/m0/s1. The zero-order chi connectivity index (χ0) is 12.1. The molecule has 0 unspecified atom stereocenters. The zero-order valence-corrected chi connectivity index (χ0v) is 11.0. The van der Waals surface area contributed by atoms with Gasteiger partial charge in [0.2, 0.25) is 0 Å². The lowest BCUT2D eigenvalue weighted by atomic mass is 10.2. The lowest BCUT2D eigenvalue weighted by Crippen LogP contribution is -2.17. The first-order valence-electron chi connectivity index (χ1n) is 5.69. The quantitative estimate of drug-likeness (QED) is 0.812. The Morgan fingerprint density at radius 3 is 2.59 bits per heavy atom. The van der Waals surface area contributed by atoms with Crippen molar-refractivity contribution in [1.82, 2.24) is 5.32 Å². The Kier molecular flexibility index (Phi) is 4.29. The van der Waals surface area contributed by atoms with Crippen molar-refractivity contribution in [2.24, 2.45) is 0 Å². The second kappa shape index (κ2) is 5.94. The highest BCUT2D eigenvalue weighted by atomic mass is 32.2. The van der Waals surface area contributed by atoms with E-state index in [0.717, 1.165) is 12.3 Å². The van der Waals surface area contributed by atoms with E-state index in [2.05, 4.69) is 42.8 Å². The van der Waals surface area contributed by atoms with Crippen LogP contribution < -0.4 is 5.32 Å². The van der Waals surface area contributed by atoms with Crippen LogP contribution in [0.4, 0.5) is 0 Å². The predicted octanol–water partition coefficient (Wildman–Crippen LogP) is 3.85. The summed E-state index contributed by atoms with van der Waals surface area (Å²) in [7, 11) is 0. The van der Waals surface area contributed by atoms with Crippen LogP contribution in [0.15, 0.2) is 52.0 Å². The molecule has 2 rings (SSSR count). The average Bonchev–Trinajstić information content (AvgIpc) is 2.90. The summed E-state index contributed by atoms with van der Waals surface area (Å²) in [6, 6.07) is 12.8. The van der Waals surface area contributed by atoms with Gasteiger partial charge in [0.25, 0.3) is 0 Å². The average molecular weight is 247 g/mol. The fourth-order valence-corrected chi connectivity index (χ4v) is 2.06. The van der Waals surface area contributed by atoms with Gasteiger partial charge in [-0.2, -0.15) is 0 Å². The molecule has 0 aliphatic carbocycles. The number of rotatable bonds is 5. The van der Waals surface area contributed by atoms with Gasteiger partial charge in [-0.1, -0.05) is 12.1 Å². The third-order valence-corrected chi connectivity index (χ3v) is 3.48. The van der Waals surface area contributed by atoms with E-state index in [-0.39, 0.29) is 6.04 Å². The number of thioether (sulfide) groups is 1. The van der Waals surface area contributed by atoms with Crippen LogP contribution in [0.1, 0.15) is 24.3 Å². The minimum absolute atomic E-state index is 0.241. The monoisotopic (exact) mass is 247 g/mol. The summed E-state index contributed by atoms with van der Waals surface area (Å²) in [4.78, 5) is 1.30. The molecular formula is C14H17NOS. The Morgan fingerprint density at radius 1 is 1.24 bits per heavy atom. The molecule has 17 heavy (non-hydrogen) atoms. The second-order valence-corrected chi connectivity index (χ2v) is 4.85. The number of furan rings is 1. The van der Waals surface area contributed by atoms with Gasteiger partial charge in [0.05, 0.1) is 12.3 Å². The van der Waals surface area contributed by atoms with E-state index < -0.39 is 0 Å². The van der Waals surface area contributed by atoms with Gasteiger partial charge in [0.1, 0.15) is 5.76 Å². The van der Waals surface area contributed by atoms with Crippen LogP contribution in [-0.4, -0.2) is 6.26 Å². The minimum Gasteiger partial charge on any atom is -0.468 e. The molecule has 1 atom stereocenters. The molecule has 1 N–H and O–H groups in total. The summed E-state index contributed by atoms with van der Waals surface area (Å²) in [6.07, 6.45) is 3.80. The highest BCUT2D eigenvalue weighted by Gasteiger charge is 2.06. The maximum absolute atomic E-state index is 5.35. The molecule has 0 aliphatic heterocycles. The van der Waals surface area contributed by atoms with Crippen LogP contribution in [0.25, 0.3) is 0 Å². The number of benzene rings is 1. The van der Waals surface area contributed by atoms with Crippen LogP contribution in [-0.2, 0) is 6.54 Å². The molecule has 0 fully saturated rings. The van der Waals surface area contributed by atoms with Crippen molar-refractivity contribution < 1.29 is 4.42 Å². The summed E-state index contributed by atoms with van der Waals surface area (Å²) in [5, 5.41) is 3.44. The molecule has 3 heteroatoms. The molecule has 1 aromatic heterocycles. The van der Waals surface area contributed by atoms with E-state index in [1.54, 1.807) is 18.0 Å². The van der Waals surface area contributed by atoms with Crippen molar-refractivity contribution in [2.45, 2.75) is 24.4 Å². The third-order valence-electron chi connectivity index (χ3n) is 2.74. The van der Waals surface area contributed by atoms with Crippen molar-refractivity contribution in [3.8, 4) is 0 Å². The Bertz CT molecular complexity index is 436. The first kappa shape index (κ1) is 12.3. The van der Waals surface area contributed by atoms with Crippen LogP contribution >= 0.6 is 11.8 Å². The van der Waals surface area contributed by atoms with E-state index in [1.807, 2.05) is 12.1 Å². The maximum atomic E-state index is 5.35. The summed E-state index contributed by atoms with van der Waals surface area (Å²) < 4.78 is 5.35. The van der Waals surface area contributed by atoms with Gasteiger partial charge in [-0.25, -0.2) is 0 Å². The lowest BCUT2D eigenvalue weighted by molar-refractivity contribution is 0.430. The maximum Gasteiger partial charge on any atom is 0.120 e. The van der Waals surface area contributed by atoms with Crippen molar-refractivity contribution in [3.05, 3.63) is 54.0 Å². The molecule has 0 spiro atoms. The van der Waals surface area contributed by atoms with Gasteiger partial charge >= 0.3 is 0 Å². The van der Waals surface area contributed by atoms with E-state index in [9.17, 15) is 0 Å². The fourth-order valence-electron chi connectivity index (χ4n) is 1.65. The Balaban J connectivity index is 1.89. The Hall–Kier alpha value is -1.19. The van der Waals surface area contributed by atoms with Gasteiger partial charge in [0.15, 0.2) is 0 Å². The fraction of sp³-hybridized carbons (Fsp3) is 0.286. The molecule has 0 bridgehead atoms. The Labute approximate surface area is 106 Å². The minimum atomic E-state index is 0.241. The molecular weight excluding hydrogens is 230 g/mol. The van der Waals surface area contributed by atoms with Gasteiger partial charge in [-0.15, -0.1) is 11.8 Å². The first-order chi connectivity index (χ1) is 8.29. The molecule has 2 nitrogen and oxygen atoms in total. The molecule has 1 aromatic carbocycles. The van der Waals surface area contributed by atoms with Crippen LogP contribution in [0.2, 0.25) is 0 Å².